The topological polar surface area (TPSA) is 98.6 Å². The van der Waals surface area contributed by atoms with Crippen molar-refractivity contribution in [2.75, 3.05) is 0 Å². The third-order valence-electron chi connectivity index (χ3n) is 5.54. The van der Waals surface area contributed by atoms with Crippen LogP contribution < -0.4 is 10.3 Å². The molecular formula is C26H28N6O2S. The lowest BCUT2D eigenvalue weighted by Gasteiger charge is -2.14. The highest BCUT2D eigenvalue weighted by molar-refractivity contribution is 7.98. The predicted octanol–water partition coefficient (Wildman–Crippen LogP) is 4.60. The molecule has 0 saturated heterocycles. The van der Waals surface area contributed by atoms with Crippen molar-refractivity contribution in [2.24, 2.45) is 5.92 Å². The highest BCUT2D eigenvalue weighted by Crippen LogP contribution is 2.24. The average Bonchev–Trinajstić information content (AvgIpc) is 3.24. The van der Waals surface area contributed by atoms with Gasteiger partial charge in [-0.25, -0.2) is 4.98 Å². The Hall–Kier alpha value is -3.64. The van der Waals surface area contributed by atoms with Crippen molar-refractivity contribution in [3.05, 3.63) is 76.1 Å². The standard InChI is InChI=1S/C26H28N6O2S/c1-4-19-9-11-20(12-10-19)34-16-23-29-30-26(32(23)15-18(2)3)35-17-24-28-22-8-6-5-7-21(22)25(33)31(24)14-13-27/h5-12,18H,4,14-17H2,1-3H3. The van der Waals surface area contributed by atoms with Gasteiger partial charge >= 0.3 is 0 Å². The second-order valence-corrected chi connectivity index (χ2v) is 9.52. The Kier molecular flexibility index (Phi) is 7.83. The summed E-state index contributed by atoms with van der Waals surface area (Å²) in [4.78, 5) is 17.6. The van der Waals surface area contributed by atoms with Crippen molar-refractivity contribution >= 4 is 22.7 Å². The molecule has 2 heterocycles. The van der Waals surface area contributed by atoms with Crippen molar-refractivity contribution in [1.29, 1.82) is 5.26 Å². The molecule has 0 radical (unpaired) electrons. The van der Waals surface area contributed by atoms with Gasteiger partial charge in [-0.05, 0) is 42.2 Å². The molecule has 2 aromatic heterocycles. The molecule has 0 bridgehead atoms. The van der Waals surface area contributed by atoms with Crippen molar-refractivity contribution in [1.82, 2.24) is 24.3 Å². The molecule has 2 aromatic carbocycles. The van der Waals surface area contributed by atoms with Crippen LogP contribution >= 0.6 is 11.8 Å². The zero-order valence-corrected chi connectivity index (χ0v) is 21.0. The van der Waals surface area contributed by atoms with Gasteiger partial charge in [0.1, 0.15) is 24.7 Å². The summed E-state index contributed by atoms with van der Waals surface area (Å²) in [6.07, 6.45) is 0.984. The van der Waals surface area contributed by atoms with Crippen LogP contribution in [0, 0.1) is 17.2 Å². The number of para-hydroxylation sites is 1. The summed E-state index contributed by atoms with van der Waals surface area (Å²) in [7, 11) is 0. The molecule has 0 aliphatic heterocycles. The zero-order chi connectivity index (χ0) is 24.8. The molecule has 0 unspecified atom stereocenters. The maximum Gasteiger partial charge on any atom is 0.262 e. The van der Waals surface area contributed by atoms with Crippen molar-refractivity contribution in [3.8, 4) is 11.8 Å². The third kappa shape index (κ3) is 5.72. The molecule has 0 fully saturated rings. The molecule has 0 spiro atoms. The Morgan fingerprint density at radius 1 is 1.06 bits per heavy atom. The maximum absolute atomic E-state index is 12.9. The van der Waals surface area contributed by atoms with Crippen molar-refractivity contribution in [3.63, 3.8) is 0 Å². The van der Waals surface area contributed by atoms with Gasteiger partial charge in [0, 0.05) is 6.54 Å². The fourth-order valence-electron chi connectivity index (χ4n) is 3.74. The lowest BCUT2D eigenvalue weighted by atomic mass is 10.2. The number of nitriles is 1. The van der Waals surface area contributed by atoms with Gasteiger partial charge in [-0.2, -0.15) is 5.26 Å². The van der Waals surface area contributed by atoms with Gasteiger partial charge in [0.05, 0.1) is 22.7 Å². The third-order valence-corrected chi connectivity index (χ3v) is 6.50. The summed E-state index contributed by atoms with van der Waals surface area (Å²) >= 11 is 1.45. The minimum atomic E-state index is -0.209. The number of rotatable bonds is 10. The van der Waals surface area contributed by atoms with Crippen LogP contribution in [0.15, 0.2) is 58.5 Å². The number of hydrogen-bond donors (Lipinski definition) is 0. The lowest BCUT2D eigenvalue weighted by molar-refractivity contribution is 0.284. The van der Waals surface area contributed by atoms with Crippen LogP contribution in [0.4, 0.5) is 0 Å². The molecule has 35 heavy (non-hydrogen) atoms. The maximum atomic E-state index is 12.9. The number of hydrogen-bond acceptors (Lipinski definition) is 7. The van der Waals surface area contributed by atoms with Crippen LogP contribution in [0.5, 0.6) is 5.75 Å². The second kappa shape index (κ2) is 11.2. The van der Waals surface area contributed by atoms with E-state index >= 15 is 0 Å². The monoisotopic (exact) mass is 488 g/mol. The van der Waals surface area contributed by atoms with Crippen LogP contribution in [0.25, 0.3) is 10.9 Å². The number of aromatic nitrogens is 5. The quantitative estimate of drug-likeness (QED) is 0.301. The molecule has 8 nitrogen and oxygen atoms in total. The number of ether oxygens (including phenoxy) is 1. The van der Waals surface area contributed by atoms with Gasteiger partial charge in [-0.1, -0.05) is 56.8 Å². The molecule has 0 atom stereocenters. The highest BCUT2D eigenvalue weighted by Gasteiger charge is 2.17. The molecule has 0 amide bonds. The van der Waals surface area contributed by atoms with Crippen LogP contribution in [-0.4, -0.2) is 24.3 Å². The van der Waals surface area contributed by atoms with Crippen LogP contribution in [-0.2, 0) is 31.9 Å². The number of thioether (sulfide) groups is 1. The number of benzene rings is 2. The van der Waals surface area contributed by atoms with E-state index < -0.39 is 0 Å². The molecule has 180 valence electrons. The first kappa shape index (κ1) is 24.5. The van der Waals surface area contributed by atoms with Crippen molar-refractivity contribution in [2.45, 2.75) is 57.8 Å². The van der Waals surface area contributed by atoms with Gasteiger partial charge in [0.25, 0.3) is 5.56 Å². The number of fused-ring (bicyclic) bond motifs is 1. The van der Waals surface area contributed by atoms with Gasteiger partial charge in [0.15, 0.2) is 11.0 Å². The second-order valence-electron chi connectivity index (χ2n) is 8.57. The molecule has 0 N–H and O–H groups in total. The summed E-state index contributed by atoms with van der Waals surface area (Å²) in [5.41, 5.74) is 1.67. The van der Waals surface area contributed by atoms with E-state index in [2.05, 4.69) is 58.7 Å². The Morgan fingerprint density at radius 2 is 1.83 bits per heavy atom. The highest BCUT2D eigenvalue weighted by atomic mass is 32.2. The summed E-state index contributed by atoms with van der Waals surface area (Å²) < 4.78 is 9.47. The average molecular weight is 489 g/mol. The largest absolute Gasteiger partial charge is 0.486 e. The Balaban J connectivity index is 1.57. The molecule has 4 rings (SSSR count). The van der Waals surface area contributed by atoms with Crippen LogP contribution in [0.3, 0.4) is 0 Å². The fourth-order valence-corrected chi connectivity index (χ4v) is 4.65. The van der Waals surface area contributed by atoms with E-state index in [-0.39, 0.29) is 12.1 Å². The van der Waals surface area contributed by atoms with E-state index in [9.17, 15) is 10.1 Å². The Morgan fingerprint density at radius 3 is 2.54 bits per heavy atom. The van der Waals surface area contributed by atoms with Crippen LogP contribution in [0.1, 0.15) is 38.0 Å². The van der Waals surface area contributed by atoms with Gasteiger partial charge in [0.2, 0.25) is 0 Å². The van der Waals surface area contributed by atoms with E-state index in [1.54, 1.807) is 12.1 Å². The zero-order valence-electron chi connectivity index (χ0n) is 20.1. The first-order valence-electron chi connectivity index (χ1n) is 11.6. The fraction of sp³-hybridized carbons (Fsp3) is 0.346. The number of aryl methyl sites for hydroxylation is 1. The van der Waals surface area contributed by atoms with Gasteiger partial charge in [-0.3, -0.25) is 9.36 Å². The van der Waals surface area contributed by atoms with E-state index in [1.807, 2.05) is 24.3 Å². The van der Waals surface area contributed by atoms with E-state index in [0.717, 1.165) is 29.7 Å². The first-order chi connectivity index (χ1) is 17.0. The summed E-state index contributed by atoms with van der Waals surface area (Å²) in [5.74, 6) is 2.83. The SMILES string of the molecule is CCc1ccc(OCc2nnc(SCc3nc4ccccc4c(=O)n3CC#N)n2CC(C)C)cc1. The smallest absolute Gasteiger partial charge is 0.262 e. The van der Waals surface area contributed by atoms with E-state index in [0.29, 0.717) is 35.0 Å². The minimum Gasteiger partial charge on any atom is -0.486 e. The van der Waals surface area contributed by atoms with E-state index in [4.69, 9.17) is 4.74 Å². The molecule has 0 aliphatic rings. The summed E-state index contributed by atoms with van der Waals surface area (Å²) in [5, 5.41) is 19.3. The lowest BCUT2D eigenvalue weighted by Crippen LogP contribution is -2.24. The van der Waals surface area contributed by atoms with Crippen molar-refractivity contribution < 1.29 is 4.74 Å². The van der Waals surface area contributed by atoms with Gasteiger partial charge in [-0.15, -0.1) is 10.2 Å². The van der Waals surface area contributed by atoms with Gasteiger partial charge < -0.3 is 9.30 Å². The minimum absolute atomic E-state index is 0.0544. The Bertz CT molecular complexity index is 1400. The molecular weight excluding hydrogens is 460 g/mol. The molecule has 9 heteroatoms. The molecule has 0 aliphatic carbocycles. The summed E-state index contributed by atoms with van der Waals surface area (Å²) in [6.45, 7) is 7.38. The first-order valence-corrected chi connectivity index (χ1v) is 12.6. The van der Waals surface area contributed by atoms with E-state index in [1.165, 1.54) is 21.9 Å². The predicted molar refractivity (Wildman–Crippen MR) is 136 cm³/mol. The summed E-state index contributed by atoms with van der Waals surface area (Å²) in [6, 6.07) is 17.3. The number of nitrogens with zero attached hydrogens (tertiary/aromatic N) is 6. The molecule has 4 aromatic rings. The van der Waals surface area contributed by atoms with Crippen LogP contribution in [0.2, 0.25) is 0 Å². The Labute approximate surface area is 208 Å². The molecule has 0 saturated carbocycles. The normalized spacial score (nSPS) is 11.2.